The average Bonchev–Trinajstić information content (AvgIpc) is 2.65. The highest BCUT2D eigenvalue weighted by Gasteiger charge is 2.34. The quantitative estimate of drug-likeness (QED) is 0.598. The number of aryl methyl sites for hydroxylation is 1. The predicted octanol–water partition coefficient (Wildman–Crippen LogP) is -1.23. The zero-order chi connectivity index (χ0) is 12.6. The summed E-state index contributed by atoms with van der Waals surface area (Å²) in [6.45, 7) is 1.37. The minimum atomic E-state index is -0.746. The predicted molar refractivity (Wildman–Crippen MR) is 59.3 cm³/mol. The number of hydrogen-bond acceptors (Lipinski definition) is 6. The molecule has 17 heavy (non-hydrogen) atoms. The van der Waals surface area contributed by atoms with Crippen molar-refractivity contribution < 1.29 is 14.9 Å². The van der Waals surface area contributed by atoms with Gasteiger partial charge in [-0.15, -0.1) is 0 Å². The molecule has 0 amide bonds. The Labute approximate surface area is 97.5 Å². The number of aromatic nitrogens is 2. The Morgan fingerprint density at radius 1 is 1.71 bits per heavy atom. The molecule has 2 heterocycles. The van der Waals surface area contributed by atoms with Crippen LogP contribution in [-0.4, -0.2) is 38.6 Å². The normalized spacial score (nSPS) is 28.5. The highest BCUT2D eigenvalue weighted by atomic mass is 16.5. The maximum absolute atomic E-state index is 11.3. The third kappa shape index (κ3) is 2.17. The molecule has 1 aromatic heterocycles. The van der Waals surface area contributed by atoms with Gasteiger partial charge in [-0.2, -0.15) is 4.98 Å². The molecule has 1 fully saturated rings. The van der Waals surface area contributed by atoms with E-state index in [1.54, 1.807) is 13.1 Å². The van der Waals surface area contributed by atoms with E-state index in [1.165, 1.54) is 4.57 Å². The molecule has 2 rings (SSSR count). The summed E-state index contributed by atoms with van der Waals surface area (Å²) in [6.07, 6.45) is -0.0291. The fourth-order valence-corrected chi connectivity index (χ4v) is 1.86. The summed E-state index contributed by atoms with van der Waals surface area (Å²) in [5.74, 6) is 0.0383. The van der Waals surface area contributed by atoms with Gasteiger partial charge in [0.25, 0.3) is 5.56 Å². The lowest BCUT2D eigenvalue weighted by atomic mass is 10.2. The maximum Gasteiger partial charge on any atom is 0.277 e. The maximum atomic E-state index is 11.3. The van der Waals surface area contributed by atoms with Gasteiger partial charge in [0, 0.05) is 18.2 Å². The Bertz CT molecular complexity index is 473. The van der Waals surface area contributed by atoms with Gasteiger partial charge in [0.05, 0.1) is 12.7 Å². The minimum Gasteiger partial charge on any atom is -0.394 e. The molecule has 0 saturated carbocycles. The molecule has 1 aliphatic rings. The third-order valence-corrected chi connectivity index (χ3v) is 2.85. The molecule has 3 atom stereocenters. The van der Waals surface area contributed by atoms with Crippen LogP contribution in [0.2, 0.25) is 0 Å². The smallest absolute Gasteiger partial charge is 0.277 e. The van der Waals surface area contributed by atoms with Gasteiger partial charge in [0.15, 0.2) is 0 Å². The van der Waals surface area contributed by atoms with E-state index in [1.807, 2.05) is 0 Å². The van der Waals surface area contributed by atoms with E-state index in [0.29, 0.717) is 12.0 Å². The van der Waals surface area contributed by atoms with Gasteiger partial charge in [-0.1, -0.05) is 0 Å². The van der Waals surface area contributed by atoms with Crippen LogP contribution in [0.25, 0.3) is 0 Å². The van der Waals surface area contributed by atoms with E-state index >= 15 is 0 Å². The molecule has 0 aliphatic carbocycles. The number of hydrogen-bond donors (Lipinski definition) is 3. The van der Waals surface area contributed by atoms with Gasteiger partial charge >= 0.3 is 0 Å². The number of aliphatic hydroxyl groups excluding tert-OH is 2. The van der Waals surface area contributed by atoms with Gasteiger partial charge in [-0.25, -0.2) is 0 Å². The van der Waals surface area contributed by atoms with Gasteiger partial charge in [-0.05, 0) is 6.92 Å². The number of ether oxygens (including phenoxy) is 1. The summed E-state index contributed by atoms with van der Waals surface area (Å²) < 4.78 is 6.92. The number of anilines is 1. The first-order valence-corrected chi connectivity index (χ1v) is 5.32. The fourth-order valence-electron chi connectivity index (χ4n) is 1.86. The van der Waals surface area contributed by atoms with Crippen molar-refractivity contribution in [2.24, 2.45) is 0 Å². The summed E-state index contributed by atoms with van der Waals surface area (Å²) in [5.41, 5.74) is 5.70. The Kier molecular flexibility index (Phi) is 3.14. The number of nitrogens with zero attached hydrogens (tertiary/aromatic N) is 2. The van der Waals surface area contributed by atoms with Gasteiger partial charge in [0.2, 0.25) is 5.95 Å². The van der Waals surface area contributed by atoms with E-state index < -0.39 is 18.4 Å². The van der Waals surface area contributed by atoms with Crippen molar-refractivity contribution in [1.82, 2.24) is 9.55 Å². The number of nitrogens with two attached hydrogens (primary N) is 1. The van der Waals surface area contributed by atoms with Crippen LogP contribution in [0.15, 0.2) is 11.0 Å². The van der Waals surface area contributed by atoms with Crippen LogP contribution in [0.1, 0.15) is 18.2 Å². The Hall–Kier alpha value is -1.44. The average molecular weight is 241 g/mol. The largest absolute Gasteiger partial charge is 0.394 e. The summed E-state index contributed by atoms with van der Waals surface area (Å²) >= 11 is 0. The molecule has 4 N–H and O–H groups in total. The van der Waals surface area contributed by atoms with E-state index in [0.717, 1.165) is 0 Å². The highest BCUT2D eigenvalue weighted by molar-refractivity contribution is 5.21. The van der Waals surface area contributed by atoms with Crippen molar-refractivity contribution in [2.75, 3.05) is 12.3 Å². The fraction of sp³-hybridized carbons (Fsp3) is 0.600. The molecule has 94 valence electrons. The van der Waals surface area contributed by atoms with E-state index in [2.05, 4.69) is 4.98 Å². The number of aliphatic hydroxyl groups is 2. The summed E-state index contributed by atoms with van der Waals surface area (Å²) in [6, 6.07) is 0. The van der Waals surface area contributed by atoms with E-state index in [4.69, 9.17) is 15.6 Å². The Morgan fingerprint density at radius 2 is 2.41 bits per heavy atom. The van der Waals surface area contributed by atoms with Crippen molar-refractivity contribution in [1.29, 1.82) is 0 Å². The van der Waals surface area contributed by atoms with E-state index in [-0.39, 0.29) is 18.1 Å². The monoisotopic (exact) mass is 241 g/mol. The van der Waals surface area contributed by atoms with E-state index in [9.17, 15) is 9.90 Å². The first kappa shape index (κ1) is 12.0. The molecule has 1 aliphatic heterocycles. The lowest BCUT2D eigenvalue weighted by Gasteiger charge is -2.17. The van der Waals surface area contributed by atoms with Crippen LogP contribution in [0, 0.1) is 6.92 Å². The summed E-state index contributed by atoms with van der Waals surface area (Å²) in [5, 5.41) is 18.6. The van der Waals surface area contributed by atoms with Gasteiger partial charge in [0.1, 0.15) is 12.3 Å². The Morgan fingerprint density at radius 3 is 3.00 bits per heavy atom. The SMILES string of the molecule is Cc1cn([C@H]2C[C@@H](O)[C@@H](CO)O2)c(N)nc1=O. The lowest BCUT2D eigenvalue weighted by Crippen LogP contribution is -2.25. The summed E-state index contributed by atoms with van der Waals surface area (Å²) in [7, 11) is 0. The van der Waals surface area contributed by atoms with Crippen molar-refractivity contribution >= 4 is 5.95 Å². The van der Waals surface area contributed by atoms with Gasteiger partial charge in [-0.3, -0.25) is 9.36 Å². The number of rotatable bonds is 2. The lowest BCUT2D eigenvalue weighted by molar-refractivity contribution is -0.0440. The van der Waals surface area contributed by atoms with Crippen molar-refractivity contribution in [2.45, 2.75) is 31.8 Å². The Balaban J connectivity index is 2.30. The first-order valence-electron chi connectivity index (χ1n) is 5.32. The van der Waals surface area contributed by atoms with Crippen LogP contribution in [0.3, 0.4) is 0 Å². The molecule has 0 aromatic carbocycles. The summed E-state index contributed by atoms with van der Waals surface area (Å²) in [4.78, 5) is 14.9. The third-order valence-electron chi connectivity index (χ3n) is 2.85. The second-order valence-corrected chi connectivity index (χ2v) is 4.11. The minimum absolute atomic E-state index is 0.0383. The second-order valence-electron chi connectivity index (χ2n) is 4.11. The molecular weight excluding hydrogens is 226 g/mol. The molecule has 0 bridgehead atoms. The van der Waals surface area contributed by atoms with Crippen molar-refractivity contribution in [3.05, 3.63) is 22.1 Å². The molecule has 1 aromatic rings. The molecule has 0 unspecified atom stereocenters. The standard InChI is InChI=1S/C10H15N3O4/c1-5-3-13(10(11)12-9(5)16)8-2-6(15)7(4-14)17-8/h3,6-8,14-15H,2,4H2,1H3,(H2,11,12,16)/t6-,7-,8-/m1/s1. The molecule has 0 radical (unpaired) electrons. The van der Waals surface area contributed by atoms with Crippen LogP contribution in [0.5, 0.6) is 0 Å². The van der Waals surface area contributed by atoms with Crippen LogP contribution in [-0.2, 0) is 4.74 Å². The van der Waals surface area contributed by atoms with Crippen LogP contribution < -0.4 is 11.3 Å². The second kappa shape index (κ2) is 4.44. The zero-order valence-corrected chi connectivity index (χ0v) is 9.41. The highest BCUT2D eigenvalue weighted by Crippen LogP contribution is 2.29. The van der Waals surface area contributed by atoms with Crippen LogP contribution >= 0.6 is 0 Å². The molecule has 7 heteroatoms. The topological polar surface area (TPSA) is 111 Å². The molecule has 7 nitrogen and oxygen atoms in total. The van der Waals surface area contributed by atoms with Crippen molar-refractivity contribution in [3.8, 4) is 0 Å². The first-order chi connectivity index (χ1) is 8.02. The van der Waals surface area contributed by atoms with Crippen molar-refractivity contribution in [3.63, 3.8) is 0 Å². The zero-order valence-electron chi connectivity index (χ0n) is 9.41. The number of nitrogen functional groups attached to an aromatic ring is 1. The van der Waals surface area contributed by atoms with Crippen LogP contribution in [0.4, 0.5) is 5.95 Å². The molecule has 1 saturated heterocycles. The van der Waals surface area contributed by atoms with Gasteiger partial charge < -0.3 is 20.7 Å². The molecule has 0 spiro atoms. The molecular formula is C10H15N3O4.